The van der Waals surface area contributed by atoms with E-state index in [0.717, 1.165) is 16.7 Å². The van der Waals surface area contributed by atoms with Crippen LogP contribution >= 0.6 is 0 Å². The van der Waals surface area contributed by atoms with E-state index in [9.17, 15) is 0 Å². The van der Waals surface area contributed by atoms with Crippen LogP contribution in [0.2, 0.25) is 0 Å². The van der Waals surface area contributed by atoms with Gasteiger partial charge in [0.05, 0.1) is 7.11 Å². The van der Waals surface area contributed by atoms with Gasteiger partial charge in [0.1, 0.15) is 5.84 Å². The lowest BCUT2D eigenvalue weighted by Gasteiger charge is -2.14. The summed E-state index contributed by atoms with van der Waals surface area (Å²) in [7, 11) is 1.53. The molecular formula is C16H19N5O. The maximum atomic E-state index is 7.29. The van der Waals surface area contributed by atoms with E-state index < -0.39 is 0 Å². The van der Waals surface area contributed by atoms with Crippen LogP contribution in [0, 0.1) is 5.41 Å². The zero-order valence-corrected chi connectivity index (χ0v) is 12.6. The Bertz CT molecular complexity index is 694. The number of hydrogen-bond donors (Lipinski definition) is 3. The first kappa shape index (κ1) is 15.5. The summed E-state index contributed by atoms with van der Waals surface area (Å²) in [5, 5.41) is 7.29. The van der Waals surface area contributed by atoms with Gasteiger partial charge in [0.25, 0.3) is 0 Å². The molecule has 114 valence electrons. The van der Waals surface area contributed by atoms with Crippen LogP contribution in [0.1, 0.15) is 18.4 Å². The number of benzene rings is 1. The summed E-state index contributed by atoms with van der Waals surface area (Å²) >= 11 is 0. The fourth-order valence-electron chi connectivity index (χ4n) is 2.06. The highest BCUT2D eigenvalue weighted by Crippen LogP contribution is 2.26. The minimum absolute atomic E-state index is 0.0389. The summed E-state index contributed by atoms with van der Waals surface area (Å²) in [6, 6.07) is 8.27. The molecule has 0 spiro atoms. The van der Waals surface area contributed by atoms with Crippen molar-refractivity contribution < 1.29 is 4.74 Å². The molecule has 1 heterocycles. The van der Waals surface area contributed by atoms with Gasteiger partial charge in [0, 0.05) is 29.6 Å². The van der Waals surface area contributed by atoms with E-state index in [1.54, 1.807) is 12.4 Å². The van der Waals surface area contributed by atoms with E-state index >= 15 is 0 Å². The molecule has 1 aromatic carbocycles. The summed E-state index contributed by atoms with van der Waals surface area (Å²) in [5.74, 6) is -0.0907. The molecule has 0 amide bonds. The first-order chi connectivity index (χ1) is 10.5. The lowest BCUT2D eigenvalue weighted by molar-refractivity contribution is 0.380. The minimum atomic E-state index is -0.0518. The Hall–Kier alpha value is -2.89. The van der Waals surface area contributed by atoms with Gasteiger partial charge in [-0.25, -0.2) is 9.97 Å². The van der Waals surface area contributed by atoms with Crippen molar-refractivity contribution in [2.75, 3.05) is 7.11 Å². The van der Waals surface area contributed by atoms with Crippen LogP contribution in [0.15, 0.2) is 48.4 Å². The van der Waals surface area contributed by atoms with Gasteiger partial charge < -0.3 is 16.2 Å². The van der Waals surface area contributed by atoms with Gasteiger partial charge in [-0.15, -0.1) is 0 Å². The second-order valence-electron chi connectivity index (χ2n) is 4.91. The molecule has 0 saturated carbocycles. The Morgan fingerprint density at radius 2 is 1.91 bits per heavy atom. The molecule has 0 aliphatic carbocycles. The topological polar surface area (TPSA) is 111 Å². The van der Waals surface area contributed by atoms with Crippen molar-refractivity contribution >= 4 is 5.84 Å². The summed E-state index contributed by atoms with van der Waals surface area (Å²) in [6.07, 6.45) is 4.89. The molecule has 0 saturated heterocycles. The lowest BCUT2D eigenvalue weighted by Crippen LogP contribution is -2.13. The number of nitrogens with one attached hydrogen (secondary N) is 1. The molecule has 2 rings (SSSR count). The third-order valence-electron chi connectivity index (χ3n) is 3.35. The molecule has 1 unspecified atom stereocenters. The van der Waals surface area contributed by atoms with Crippen molar-refractivity contribution in [3.63, 3.8) is 0 Å². The van der Waals surface area contributed by atoms with Crippen molar-refractivity contribution in [3.8, 4) is 17.1 Å². The van der Waals surface area contributed by atoms with Gasteiger partial charge >= 0.3 is 6.01 Å². The van der Waals surface area contributed by atoms with E-state index in [1.165, 1.54) is 13.2 Å². The Labute approximate surface area is 129 Å². The van der Waals surface area contributed by atoms with Gasteiger partial charge in [-0.1, -0.05) is 31.2 Å². The summed E-state index contributed by atoms with van der Waals surface area (Å²) in [6.45, 7) is 1.97. The highest BCUT2D eigenvalue weighted by molar-refractivity contribution is 5.89. The number of methoxy groups -OCH3 is 1. The Kier molecular flexibility index (Phi) is 4.73. The predicted octanol–water partition coefficient (Wildman–Crippen LogP) is 2.03. The molecule has 0 bridgehead atoms. The van der Waals surface area contributed by atoms with E-state index in [1.807, 2.05) is 31.2 Å². The van der Waals surface area contributed by atoms with E-state index in [4.69, 9.17) is 21.6 Å². The van der Waals surface area contributed by atoms with Crippen LogP contribution < -0.4 is 16.2 Å². The lowest BCUT2D eigenvalue weighted by atomic mass is 9.94. The average molecular weight is 297 g/mol. The second-order valence-corrected chi connectivity index (χ2v) is 4.91. The standard InChI is InChI=1S/C16H19N5O/c1-10(14(17)7-15(18)19)11-4-3-5-12(6-11)13-8-20-16(22-2)21-9-13/h3-10H,17H2,1-2H3,(H3,18,19). The van der Waals surface area contributed by atoms with E-state index in [-0.39, 0.29) is 11.8 Å². The molecule has 0 aliphatic rings. The van der Waals surface area contributed by atoms with Crippen molar-refractivity contribution in [2.45, 2.75) is 12.8 Å². The van der Waals surface area contributed by atoms with Gasteiger partial charge in [-0.05, 0) is 17.2 Å². The number of allylic oxidation sites excluding steroid dienone is 1. The molecule has 22 heavy (non-hydrogen) atoms. The fraction of sp³-hybridized carbons (Fsp3) is 0.188. The van der Waals surface area contributed by atoms with Gasteiger partial charge in [0.15, 0.2) is 0 Å². The second kappa shape index (κ2) is 6.71. The maximum Gasteiger partial charge on any atom is 0.316 e. The average Bonchev–Trinajstić information content (AvgIpc) is 2.53. The third-order valence-corrected chi connectivity index (χ3v) is 3.35. The van der Waals surface area contributed by atoms with E-state index in [2.05, 4.69) is 9.97 Å². The predicted molar refractivity (Wildman–Crippen MR) is 86.6 cm³/mol. The van der Waals surface area contributed by atoms with Crippen LogP contribution in [0.25, 0.3) is 11.1 Å². The maximum absolute atomic E-state index is 7.29. The quantitative estimate of drug-likeness (QED) is 0.577. The Morgan fingerprint density at radius 3 is 2.50 bits per heavy atom. The molecule has 0 radical (unpaired) electrons. The van der Waals surface area contributed by atoms with Crippen LogP contribution in [-0.2, 0) is 0 Å². The van der Waals surface area contributed by atoms with Crippen molar-refractivity contribution in [3.05, 3.63) is 54.0 Å². The molecule has 2 aromatic rings. The smallest absolute Gasteiger partial charge is 0.316 e. The van der Waals surface area contributed by atoms with Crippen molar-refractivity contribution in [1.82, 2.24) is 9.97 Å². The summed E-state index contributed by atoms with van der Waals surface area (Å²) in [5.41, 5.74) is 14.8. The minimum Gasteiger partial charge on any atom is -0.467 e. The summed E-state index contributed by atoms with van der Waals surface area (Å²) in [4.78, 5) is 8.22. The molecule has 0 aliphatic heterocycles. The highest BCUT2D eigenvalue weighted by atomic mass is 16.5. The number of nitrogens with zero attached hydrogens (tertiary/aromatic N) is 2. The fourth-order valence-corrected chi connectivity index (χ4v) is 2.06. The SMILES string of the molecule is COc1ncc(-c2cccc(C(C)C(N)=CC(=N)N)c2)cn1. The van der Waals surface area contributed by atoms with Gasteiger partial charge in [-0.2, -0.15) is 0 Å². The number of ether oxygens (including phenoxy) is 1. The zero-order valence-electron chi connectivity index (χ0n) is 12.6. The van der Waals surface area contributed by atoms with Crippen LogP contribution in [-0.4, -0.2) is 22.9 Å². The number of rotatable bonds is 5. The van der Waals surface area contributed by atoms with Crippen LogP contribution in [0.4, 0.5) is 0 Å². The molecular weight excluding hydrogens is 278 g/mol. The Balaban J connectivity index is 2.31. The molecule has 6 heteroatoms. The molecule has 1 aromatic heterocycles. The van der Waals surface area contributed by atoms with E-state index in [0.29, 0.717) is 11.7 Å². The summed E-state index contributed by atoms with van der Waals surface area (Å²) < 4.78 is 4.96. The first-order valence-corrected chi connectivity index (χ1v) is 6.78. The van der Waals surface area contributed by atoms with Gasteiger partial charge in [0.2, 0.25) is 0 Å². The largest absolute Gasteiger partial charge is 0.467 e. The van der Waals surface area contributed by atoms with Gasteiger partial charge in [-0.3, -0.25) is 5.41 Å². The van der Waals surface area contributed by atoms with Crippen LogP contribution in [0.5, 0.6) is 6.01 Å². The number of hydrogen-bond acceptors (Lipinski definition) is 5. The highest BCUT2D eigenvalue weighted by Gasteiger charge is 2.10. The molecule has 0 fully saturated rings. The third kappa shape index (κ3) is 3.60. The molecule has 1 atom stereocenters. The Morgan fingerprint density at radius 1 is 1.23 bits per heavy atom. The molecule has 6 nitrogen and oxygen atoms in total. The number of amidine groups is 1. The normalized spacial score (nSPS) is 12.7. The molecule has 5 N–H and O–H groups in total. The monoisotopic (exact) mass is 297 g/mol. The van der Waals surface area contributed by atoms with Crippen LogP contribution in [0.3, 0.4) is 0 Å². The number of nitrogens with two attached hydrogens (primary N) is 2. The zero-order chi connectivity index (χ0) is 16.1. The first-order valence-electron chi connectivity index (χ1n) is 6.78. The number of aromatic nitrogens is 2. The van der Waals surface area contributed by atoms with Crippen molar-refractivity contribution in [2.24, 2.45) is 11.5 Å². The van der Waals surface area contributed by atoms with Crippen molar-refractivity contribution in [1.29, 1.82) is 5.41 Å².